The summed E-state index contributed by atoms with van der Waals surface area (Å²) in [7, 11) is -4.59. The molecule has 1 aromatic rings. The summed E-state index contributed by atoms with van der Waals surface area (Å²) in [4.78, 5) is -0.927. The molecule has 1 aromatic carbocycles. The molecular weight excluding hydrogens is 229 g/mol. The molecule has 0 unspecified atom stereocenters. The van der Waals surface area contributed by atoms with Crippen LogP contribution < -0.4 is 51.4 Å². The largest absolute Gasteiger partial charge is 1.00 e. The molecule has 0 amide bonds. The van der Waals surface area contributed by atoms with E-state index in [9.17, 15) is 17.2 Å². The maximum atomic E-state index is 12.6. The molecule has 1 N–H and O–H groups in total. The van der Waals surface area contributed by atoms with Gasteiger partial charge in [0.2, 0.25) is 0 Å². The molecule has 68 valence electrons. The van der Waals surface area contributed by atoms with Crippen LogP contribution in [-0.4, -0.2) is 13.0 Å². The Kier molecular flexibility index (Phi) is 5.16. The van der Waals surface area contributed by atoms with E-state index >= 15 is 0 Å². The Bertz CT molecular complexity index is 410. The fourth-order valence-corrected chi connectivity index (χ4v) is 1.23. The van der Waals surface area contributed by atoms with E-state index in [0.717, 1.165) is 6.07 Å². The van der Waals surface area contributed by atoms with Crippen molar-refractivity contribution in [2.24, 2.45) is 0 Å². The van der Waals surface area contributed by atoms with Crippen molar-refractivity contribution >= 4 is 10.1 Å². The van der Waals surface area contributed by atoms with E-state index in [1.165, 1.54) is 0 Å². The Hall–Kier alpha value is 0.626. The van der Waals surface area contributed by atoms with E-state index < -0.39 is 26.6 Å². The molecule has 13 heavy (non-hydrogen) atoms. The Morgan fingerprint density at radius 1 is 1.31 bits per heavy atom. The summed E-state index contributed by atoms with van der Waals surface area (Å²) in [6, 6.07) is 1.77. The summed E-state index contributed by atoms with van der Waals surface area (Å²) in [6.45, 7) is 0. The minimum Gasteiger partial charge on any atom is -1.00 e. The van der Waals surface area contributed by atoms with Crippen molar-refractivity contribution in [1.29, 1.82) is 0 Å². The predicted octanol–water partition coefficient (Wildman–Crippen LogP) is -1.67. The fraction of sp³-hybridized carbons (Fsp3) is 0. The maximum absolute atomic E-state index is 12.6. The molecule has 3 nitrogen and oxygen atoms in total. The third-order valence-corrected chi connectivity index (χ3v) is 2.06. The van der Waals surface area contributed by atoms with E-state index in [4.69, 9.17) is 4.55 Å². The summed E-state index contributed by atoms with van der Waals surface area (Å²) in [6.07, 6.45) is 0. The Balaban J connectivity index is 0. The summed E-state index contributed by atoms with van der Waals surface area (Å²) >= 11 is 0. The molecule has 0 radical (unpaired) electrons. The van der Waals surface area contributed by atoms with Gasteiger partial charge < -0.3 is 1.43 Å². The summed E-state index contributed by atoms with van der Waals surface area (Å²) < 4.78 is 53.9. The van der Waals surface area contributed by atoms with Gasteiger partial charge >= 0.3 is 51.4 Å². The van der Waals surface area contributed by atoms with E-state index in [1.807, 2.05) is 0 Å². The molecule has 0 heterocycles. The Morgan fingerprint density at radius 3 is 2.23 bits per heavy atom. The van der Waals surface area contributed by atoms with Crippen LogP contribution in [0.5, 0.6) is 0 Å². The maximum Gasteiger partial charge on any atom is 1.00 e. The zero-order valence-electron chi connectivity index (χ0n) is 7.66. The zero-order valence-corrected chi connectivity index (χ0v) is 10.6. The van der Waals surface area contributed by atoms with Crippen LogP contribution >= 0.6 is 0 Å². The van der Waals surface area contributed by atoms with Gasteiger partial charge in [0.05, 0.1) is 0 Å². The van der Waals surface area contributed by atoms with Crippen molar-refractivity contribution in [3.63, 3.8) is 0 Å². The van der Waals surface area contributed by atoms with Gasteiger partial charge in [-0.05, 0) is 12.1 Å². The van der Waals surface area contributed by atoms with Crippen LogP contribution in [0.3, 0.4) is 0 Å². The molecule has 0 saturated carbocycles. The molecular formula is C6H5F2KO3S. The Morgan fingerprint density at radius 2 is 1.85 bits per heavy atom. The molecule has 7 heteroatoms. The molecule has 0 saturated heterocycles. The molecule has 0 spiro atoms. The second-order valence-corrected chi connectivity index (χ2v) is 3.44. The first-order valence-electron chi connectivity index (χ1n) is 2.84. The van der Waals surface area contributed by atoms with E-state index in [-0.39, 0.29) is 52.8 Å². The molecule has 0 atom stereocenters. The van der Waals surface area contributed by atoms with Gasteiger partial charge in [-0.2, -0.15) is 8.42 Å². The van der Waals surface area contributed by atoms with Crippen LogP contribution in [0.4, 0.5) is 8.78 Å². The van der Waals surface area contributed by atoms with Gasteiger partial charge in [0.15, 0.2) is 0 Å². The minimum absolute atomic E-state index is 0. The second-order valence-electron chi connectivity index (χ2n) is 2.05. The predicted molar refractivity (Wildman–Crippen MR) is 37.3 cm³/mol. The fourth-order valence-electron chi connectivity index (χ4n) is 0.684. The molecule has 1 rings (SSSR count). The first-order chi connectivity index (χ1) is 5.41. The van der Waals surface area contributed by atoms with E-state index in [0.29, 0.717) is 12.1 Å². The van der Waals surface area contributed by atoms with Crippen LogP contribution in [0, 0.1) is 11.6 Å². The van der Waals surface area contributed by atoms with Gasteiger partial charge in [0.1, 0.15) is 16.5 Å². The van der Waals surface area contributed by atoms with Gasteiger partial charge in [-0.15, -0.1) is 0 Å². The van der Waals surface area contributed by atoms with Crippen molar-refractivity contribution in [2.75, 3.05) is 0 Å². The average Bonchev–Trinajstić information content (AvgIpc) is 1.83. The molecule has 0 aliphatic rings. The van der Waals surface area contributed by atoms with Crippen molar-refractivity contribution in [3.05, 3.63) is 29.8 Å². The molecule has 0 aliphatic heterocycles. The van der Waals surface area contributed by atoms with Crippen LogP contribution in [0.1, 0.15) is 1.43 Å². The van der Waals surface area contributed by atoms with Gasteiger partial charge in [-0.1, -0.05) is 0 Å². The third-order valence-electron chi connectivity index (χ3n) is 1.17. The van der Waals surface area contributed by atoms with Crippen LogP contribution in [0.2, 0.25) is 0 Å². The number of benzene rings is 1. The van der Waals surface area contributed by atoms with Crippen LogP contribution in [0.15, 0.2) is 23.1 Å². The van der Waals surface area contributed by atoms with Crippen molar-refractivity contribution in [1.82, 2.24) is 0 Å². The quantitative estimate of drug-likeness (QED) is 0.467. The van der Waals surface area contributed by atoms with Gasteiger partial charge in [-0.25, -0.2) is 8.78 Å². The standard InChI is InChI=1S/C6H4F2O3S.K.H/c7-4-1-2-6(5(8)3-4)12(9,10)11;;/h1-3H,(H,9,10,11);;/q;+1;-1. The third kappa shape index (κ3) is 3.70. The first-order valence-corrected chi connectivity index (χ1v) is 4.28. The minimum atomic E-state index is -4.59. The smallest absolute Gasteiger partial charge is 1.00 e. The average molecular weight is 234 g/mol. The molecule has 0 fully saturated rings. The Labute approximate surface area is 118 Å². The number of hydrogen-bond donors (Lipinski definition) is 1. The van der Waals surface area contributed by atoms with Crippen LogP contribution in [0.25, 0.3) is 0 Å². The second kappa shape index (κ2) is 4.92. The summed E-state index contributed by atoms with van der Waals surface area (Å²) in [5.74, 6) is -2.21. The van der Waals surface area contributed by atoms with Gasteiger partial charge in [-0.3, -0.25) is 4.55 Å². The van der Waals surface area contributed by atoms with Crippen molar-refractivity contribution in [2.45, 2.75) is 4.90 Å². The summed E-state index contributed by atoms with van der Waals surface area (Å²) in [5, 5.41) is 0. The molecule has 0 aliphatic carbocycles. The monoisotopic (exact) mass is 234 g/mol. The van der Waals surface area contributed by atoms with E-state index in [1.54, 1.807) is 0 Å². The molecule has 0 aromatic heterocycles. The zero-order chi connectivity index (χ0) is 9.35. The normalized spacial score (nSPS) is 10.7. The van der Waals surface area contributed by atoms with Gasteiger partial charge in [0.25, 0.3) is 10.1 Å². The number of halogens is 2. The SMILES string of the molecule is O=S(=O)(O)c1ccc(F)cc1F.[H-].[K+]. The van der Waals surface area contributed by atoms with Crippen molar-refractivity contribution < 1.29 is 74.6 Å². The van der Waals surface area contributed by atoms with Crippen LogP contribution in [-0.2, 0) is 10.1 Å². The summed E-state index contributed by atoms with van der Waals surface area (Å²) in [5.41, 5.74) is 0. The number of hydrogen-bond acceptors (Lipinski definition) is 2. The number of rotatable bonds is 1. The van der Waals surface area contributed by atoms with E-state index in [2.05, 4.69) is 0 Å². The first kappa shape index (κ1) is 13.6. The topological polar surface area (TPSA) is 54.4 Å². The molecule has 0 bridgehead atoms. The van der Waals surface area contributed by atoms with Gasteiger partial charge in [0, 0.05) is 6.07 Å². The van der Waals surface area contributed by atoms with Crippen molar-refractivity contribution in [3.8, 4) is 0 Å².